The van der Waals surface area contributed by atoms with Gasteiger partial charge in [0.2, 0.25) is 0 Å². The van der Waals surface area contributed by atoms with E-state index in [4.69, 9.17) is 0 Å². The largest absolute Gasteiger partial charge is 0.293 e. The van der Waals surface area contributed by atoms with Gasteiger partial charge in [-0.2, -0.15) is 0 Å². The lowest BCUT2D eigenvalue weighted by atomic mass is 10.0. The van der Waals surface area contributed by atoms with E-state index in [-0.39, 0.29) is 12.0 Å². The summed E-state index contributed by atoms with van der Waals surface area (Å²) in [5, 5.41) is 2.36. The van der Waals surface area contributed by atoms with Crippen LogP contribution in [0.4, 0.5) is 8.78 Å². The van der Waals surface area contributed by atoms with Gasteiger partial charge in [0.25, 0.3) is 0 Å². The lowest BCUT2D eigenvalue weighted by Gasteiger charge is -2.05. The molecule has 2 nitrogen and oxygen atoms in total. The van der Waals surface area contributed by atoms with Crippen molar-refractivity contribution in [2.24, 2.45) is 0 Å². The molecule has 2 rings (SSSR count). The summed E-state index contributed by atoms with van der Waals surface area (Å²) in [7, 11) is 0. The van der Waals surface area contributed by atoms with Gasteiger partial charge in [-0.15, -0.1) is 11.3 Å². The molecule has 0 N–H and O–H groups in total. The van der Waals surface area contributed by atoms with Gasteiger partial charge >= 0.3 is 0 Å². The maximum atomic E-state index is 13.7. The lowest BCUT2D eigenvalue weighted by molar-refractivity contribution is 0.0984. The van der Waals surface area contributed by atoms with Crippen LogP contribution < -0.4 is 0 Å². The number of carbonyl (C=O) groups is 1. The quantitative estimate of drug-likeness (QED) is 0.797. The molecule has 1 aromatic heterocycles. The smallest absolute Gasteiger partial charge is 0.175 e. The van der Waals surface area contributed by atoms with Crippen LogP contribution in [0.15, 0.2) is 17.5 Å². The molecule has 1 heterocycles. The number of thiazole rings is 1. The first-order valence-electron chi connectivity index (χ1n) is 5.38. The maximum absolute atomic E-state index is 13.7. The Labute approximate surface area is 107 Å². The number of aryl methyl sites for hydroxylation is 2. The molecule has 0 saturated carbocycles. The van der Waals surface area contributed by atoms with Gasteiger partial charge in [-0.1, -0.05) is 6.07 Å². The standard InChI is InChI=1S/C13H11F2NOS/c1-7-3-4-9(14)12(13(7)15)10(17)5-11-16-8(2)6-18-11/h3-4,6H,5H2,1-2H3. The van der Waals surface area contributed by atoms with Gasteiger partial charge in [0.1, 0.15) is 16.6 Å². The van der Waals surface area contributed by atoms with E-state index >= 15 is 0 Å². The van der Waals surface area contributed by atoms with Gasteiger partial charge in [-0.3, -0.25) is 4.79 Å². The number of hydrogen-bond donors (Lipinski definition) is 0. The fourth-order valence-electron chi connectivity index (χ4n) is 1.62. The Kier molecular flexibility index (Phi) is 3.52. The average molecular weight is 267 g/mol. The highest BCUT2D eigenvalue weighted by atomic mass is 32.1. The Morgan fingerprint density at radius 1 is 1.33 bits per heavy atom. The zero-order chi connectivity index (χ0) is 13.3. The Bertz CT molecular complexity index is 607. The van der Waals surface area contributed by atoms with Gasteiger partial charge in [0.05, 0.1) is 12.0 Å². The molecule has 94 valence electrons. The van der Waals surface area contributed by atoms with Crippen molar-refractivity contribution in [1.29, 1.82) is 0 Å². The topological polar surface area (TPSA) is 30.0 Å². The number of ketones is 1. The molecule has 2 aromatic rings. The zero-order valence-electron chi connectivity index (χ0n) is 9.96. The predicted molar refractivity (Wildman–Crippen MR) is 66.0 cm³/mol. The van der Waals surface area contributed by atoms with Crippen molar-refractivity contribution < 1.29 is 13.6 Å². The van der Waals surface area contributed by atoms with Gasteiger partial charge in [-0.25, -0.2) is 13.8 Å². The predicted octanol–water partition coefficient (Wildman–Crippen LogP) is 3.46. The van der Waals surface area contributed by atoms with Crippen molar-refractivity contribution in [3.8, 4) is 0 Å². The van der Waals surface area contributed by atoms with Crippen molar-refractivity contribution in [2.45, 2.75) is 20.3 Å². The number of rotatable bonds is 3. The summed E-state index contributed by atoms with van der Waals surface area (Å²) in [6.45, 7) is 3.30. The van der Waals surface area contributed by atoms with Crippen molar-refractivity contribution >= 4 is 17.1 Å². The minimum absolute atomic E-state index is 0.0736. The average Bonchev–Trinajstić information content (AvgIpc) is 2.70. The Hall–Kier alpha value is -1.62. The SMILES string of the molecule is Cc1csc(CC(=O)c2c(F)ccc(C)c2F)n1. The highest BCUT2D eigenvalue weighted by molar-refractivity contribution is 7.09. The molecule has 18 heavy (non-hydrogen) atoms. The summed E-state index contributed by atoms with van der Waals surface area (Å²) < 4.78 is 27.3. The molecule has 0 aliphatic heterocycles. The van der Waals surface area contributed by atoms with Gasteiger partial charge in [0, 0.05) is 11.1 Å². The lowest BCUT2D eigenvalue weighted by Crippen LogP contribution is -2.10. The molecule has 0 aliphatic rings. The molecule has 1 aromatic carbocycles. The fraction of sp³-hybridized carbons (Fsp3) is 0.231. The van der Waals surface area contributed by atoms with Crippen molar-refractivity contribution in [1.82, 2.24) is 4.98 Å². The first kappa shape index (κ1) is 12.8. The van der Waals surface area contributed by atoms with E-state index in [9.17, 15) is 13.6 Å². The molecule has 0 fully saturated rings. The van der Waals surface area contributed by atoms with E-state index in [1.54, 1.807) is 12.3 Å². The highest BCUT2D eigenvalue weighted by Crippen LogP contribution is 2.19. The number of benzene rings is 1. The minimum Gasteiger partial charge on any atom is -0.293 e. The second-order valence-corrected chi connectivity index (χ2v) is 4.98. The number of Topliss-reactive ketones (excluding diaryl/α,β-unsaturated/α-hetero) is 1. The molecule has 5 heteroatoms. The summed E-state index contributed by atoms with van der Waals surface area (Å²) >= 11 is 1.31. The van der Waals surface area contributed by atoms with Crippen LogP contribution in [0.2, 0.25) is 0 Å². The van der Waals surface area contributed by atoms with E-state index in [2.05, 4.69) is 4.98 Å². The number of halogens is 2. The molecule has 0 radical (unpaired) electrons. The van der Waals surface area contributed by atoms with E-state index < -0.39 is 23.0 Å². The molecular formula is C13H11F2NOS. The number of nitrogens with zero attached hydrogens (tertiary/aromatic N) is 1. The number of aromatic nitrogens is 1. The second kappa shape index (κ2) is 4.94. The van der Waals surface area contributed by atoms with Crippen LogP contribution in [0.3, 0.4) is 0 Å². The molecule has 0 amide bonds. The second-order valence-electron chi connectivity index (χ2n) is 4.04. The molecule has 0 unspecified atom stereocenters. The fourth-order valence-corrected chi connectivity index (χ4v) is 2.39. The Morgan fingerprint density at radius 3 is 2.67 bits per heavy atom. The van der Waals surface area contributed by atoms with Crippen molar-refractivity contribution in [3.05, 3.63) is 51.0 Å². The number of hydrogen-bond acceptors (Lipinski definition) is 3. The van der Waals surface area contributed by atoms with Gasteiger partial charge < -0.3 is 0 Å². The molecule has 0 saturated heterocycles. The summed E-state index contributed by atoms with van der Waals surface area (Å²) in [6.07, 6.45) is -0.0736. The van der Waals surface area contributed by atoms with Crippen LogP contribution in [0.5, 0.6) is 0 Å². The summed E-state index contributed by atoms with van der Waals surface area (Å²) in [6, 6.07) is 2.42. The van der Waals surface area contributed by atoms with Crippen LogP contribution >= 0.6 is 11.3 Å². The molecule has 0 spiro atoms. The van der Waals surface area contributed by atoms with Gasteiger partial charge in [0.15, 0.2) is 5.78 Å². The van der Waals surface area contributed by atoms with E-state index in [0.29, 0.717) is 5.01 Å². The number of carbonyl (C=O) groups excluding carboxylic acids is 1. The zero-order valence-corrected chi connectivity index (χ0v) is 10.8. The normalized spacial score (nSPS) is 10.7. The van der Waals surface area contributed by atoms with Crippen LogP contribution in [-0.2, 0) is 6.42 Å². The van der Waals surface area contributed by atoms with Crippen LogP contribution in [0.1, 0.15) is 26.6 Å². The summed E-state index contributed by atoms with van der Waals surface area (Å²) in [4.78, 5) is 16.0. The van der Waals surface area contributed by atoms with Crippen LogP contribution in [0, 0.1) is 25.5 Å². The Balaban J connectivity index is 2.32. The first-order chi connectivity index (χ1) is 8.49. The minimum atomic E-state index is -0.823. The van der Waals surface area contributed by atoms with E-state index in [0.717, 1.165) is 11.8 Å². The summed E-state index contributed by atoms with van der Waals surface area (Å²) in [5.74, 6) is -2.19. The first-order valence-corrected chi connectivity index (χ1v) is 6.26. The van der Waals surface area contributed by atoms with Crippen LogP contribution in [-0.4, -0.2) is 10.8 Å². The third-order valence-corrected chi connectivity index (χ3v) is 3.51. The summed E-state index contributed by atoms with van der Waals surface area (Å²) in [5.41, 5.74) is 0.589. The third-order valence-electron chi connectivity index (χ3n) is 2.54. The van der Waals surface area contributed by atoms with E-state index in [1.807, 2.05) is 0 Å². The monoisotopic (exact) mass is 267 g/mol. The molecular weight excluding hydrogens is 256 g/mol. The molecule has 0 aliphatic carbocycles. The maximum Gasteiger partial charge on any atom is 0.175 e. The highest BCUT2D eigenvalue weighted by Gasteiger charge is 2.20. The Morgan fingerprint density at radius 2 is 2.06 bits per heavy atom. The molecule has 0 bridgehead atoms. The van der Waals surface area contributed by atoms with Crippen molar-refractivity contribution in [2.75, 3.05) is 0 Å². The third kappa shape index (κ3) is 2.46. The molecule has 0 atom stereocenters. The van der Waals surface area contributed by atoms with Crippen LogP contribution in [0.25, 0.3) is 0 Å². The van der Waals surface area contributed by atoms with E-state index in [1.165, 1.54) is 24.3 Å². The van der Waals surface area contributed by atoms with Crippen molar-refractivity contribution in [3.63, 3.8) is 0 Å². The van der Waals surface area contributed by atoms with Gasteiger partial charge in [-0.05, 0) is 25.5 Å².